The normalized spacial score (nSPS) is 13.5. The highest BCUT2D eigenvalue weighted by molar-refractivity contribution is 5.88. The second-order valence-corrected chi connectivity index (χ2v) is 5.17. The van der Waals surface area contributed by atoms with Gasteiger partial charge in [-0.2, -0.15) is 0 Å². The van der Waals surface area contributed by atoms with E-state index in [1.165, 1.54) is 6.92 Å². The van der Waals surface area contributed by atoms with Crippen molar-refractivity contribution in [1.29, 1.82) is 0 Å². The summed E-state index contributed by atoms with van der Waals surface area (Å²) in [5.41, 5.74) is 2.96. The Morgan fingerprint density at radius 2 is 1.90 bits per heavy atom. The van der Waals surface area contributed by atoms with Crippen LogP contribution in [-0.2, 0) is 4.79 Å². The van der Waals surface area contributed by atoms with E-state index in [4.69, 9.17) is 0 Å². The standard InChI is InChI=1S/C17H21N3O/c1-12(19-13(2)17-9-4-5-10-18-17)15-7-6-8-16(11-15)20-14(3)21/h4-13,19H,1-3H3,(H,20,21)/t12?,13-/m0/s1. The number of aromatic nitrogens is 1. The van der Waals surface area contributed by atoms with Crippen LogP contribution in [0.15, 0.2) is 48.7 Å². The van der Waals surface area contributed by atoms with Gasteiger partial charge < -0.3 is 10.6 Å². The second-order valence-electron chi connectivity index (χ2n) is 5.17. The molecular weight excluding hydrogens is 262 g/mol. The summed E-state index contributed by atoms with van der Waals surface area (Å²) in [5.74, 6) is -0.0605. The highest BCUT2D eigenvalue weighted by atomic mass is 16.1. The fourth-order valence-electron chi connectivity index (χ4n) is 2.28. The number of carbonyl (C=O) groups excluding carboxylic acids is 1. The lowest BCUT2D eigenvalue weighted by Crippen LogP contribution is -2.23. The molecule has 0 spiro atoms. The van der Waals surface area contributed by atoms with E-state index in [-0.39, 0.29) is 18.0 Å². The van der Waals surface area contributed by atoms with Gasteiger partial charge in [-0.05, 0) is 43.7 Å². The third kappa shape index (κ3) is 4.39. The molecule has 0 saturated heterocycles. The maximum Gasteiger partial charge on any atom is 0.221 e. The van der Waals surface area contributed by atoms with Gasteiger partial charge in [-0.25, -0.2) is 0 Å². The summed E-state index contributed by atoms with van der Waals surface area (Å²) in [4.78, 5) is 15.5. The highest BCUT2D eigenvalue weighted by Gasteiger charge is 2.12. The SMILES string of the molecule is CC(=O)Nc1cccc(C(C)N[C@@H](C)c2ccccn2)c1. The van der Waals surface area contributed by atoms with Crippen molar-refractivity contribution in [1.82, 2.24) is 10.3 Å². The van der Waals surface area contributed by atoms with Gasteiger partial charge in [0.05, 0.1) is 5.69 Å². The summed E-state index contributed by atoms with van der Waals surface area (Å²) in [6, 6.07) is 14.1. The van der Waals surface area contributed by atoms with Crippen LogP contribution in [0.2, 0.25) is 0 Å². The summed E-state index contributed by atoms with van der Waals surface area (Å²) in [5, 5.41) is 6.32. The van der Waals surface area contributed by atoms with Gasteiger partial charge in [0.1, 0.15) is 0 Å². The first-order chi connectivity index (χ1) is 10.1. The van der Waals surface area contributed by atoms with Gasteiger partial charge in [0.2, 0.25) is 5.91 Å². The van der Waals surface area contributed by atoms with Crippen LogP contribution in [0.25, 0.3) is 0 Å². The lowest BCUT2D eigenvalue weighted by molar-refractivity contribution is -0.114. The molecule has 1 amide bonds. The predicted octanol–water partition coefficient (Wildman–Crippen LogP) is 3.45. The van der Waals surface area contributed by atoms with Gasteiger partial charge in [0, 0.05) is 30.9 Å². The molecule has 0 bridgehead atoms. The minimum atomic E-state index is -0.0605. The number of benzene rings is 1. The lowest BCUT2D eigenvalue weighted by Gasteiger charge is -2.20. The van der Waals surface area contributed by atoms with Crippen LogP contribution in [-0.4, -0.2) is 10.9 Å². The molecule has 2 N–H and O–H groups in total. The number of hydrogen-bond donors (Lipinski definition) is 2. The molecule has 2 rings (SSSR count). The summed E-state index contributed by atoms with van der Waals surface area (Å²) < 4.78 is 0. The molecule has 2 aromatic rings. The Labute approximate surface area is 125 Å². The van der Waals surface area contributed by atoms with Crippen molar-refractivity contribution in [3.8, 4) is 0 Å². The molecule has 1 aromatic heterocycles. The molecule has 0 fully saturated rings. The van der Waals surface area contributed by atoms with Crippen LogP contribution in [0, 0.1) is 0 Å². The zero-order chi connectivity index (χ0) is 15.2. The van der Waals surface area contributed by atoms with Gasteiger partial charge >= 0.3 is 0 Å². The molecule has 1 aromatic carbocycles. The average molecular weight is 283 g/mol. The molecule has 1 heterocycles. The van der Waals surface area contributed by atoms with Gasteiger partial charge in [0.15, 0.2) is 0 Å². The molecule has 4 nitrogen and oxygen atoms in total. The third-order valence-corrected chi connectivity index (χ3v) is 3.34. The fourth-order valence-corrected chi connectivity index (χ4v) is 2.28. The van der Waals surface area contributed by atoms with Crippen LogP contribution in [0.3, 0.4) is 0 Å². The average Bonchev–Trinajstić information content (AvgIpc) is 2.47. The number of hydrogen-bond acceptors (Lipinski definition) is 3. The van der Waals surface area contributed by atoms with Crippen molar-refractivity contribution in [2.24, 2.45) is 0 Å². The van der Waals surface area contributed by atoms with E-state index < -0.39 is 0 Å². The Hall–Kier alpha value is -2.20. The zero-order valence-electron chi connectivity index (χ0n) is 12.6. The molecular formula is C17H21N3O. The van der Waals surface area contributed by atoms with Crippen molar-refractivity contribution >= 4 is 11.6 Å². The summed E-state index contributed by atoms with van der Waals surface area (Å²) >= 11 is 0. The van der Waals surface area contributed by atoms with Gasteiger partial charge in [-0.3, -0.25) is 9.78 Å². The van der Waals surface area contributed by atoms with Gasteiger partial charge in [-0.15, -0.1) is 0 Å². The minimum absolute atomic E-state index is 0.0605. The molecule has 0 aliphatic carbocycles. The van der Waals surface area contributed by atoms with E-state index >= 15 is 0 Å². The van der Waals surface area contributed by atoms with Gasteiger partial charge in [0.25, 0.3) is 0 Å². The first-order valence-corrected chi connectivity index (χ1v) is 7.11. The first-order valence-electron chi connectivity index (χ1n) is 7.11. The van der Waals surface area contributed by atoms with E-state index in [0.29, 0.717) is 0 Å². The Bertz CT molecular complexity index is 598. The number of nitrogens with zero attached hydrogens (tertiary/aromatic N) is 1. The van der Waals surface area contributed by atoms with Crippen LogP contribution >= 0.6 is 0 Å². The Morgan fingerprint density at radius 3 is 2.57 bits per heavy atom. The van der Waals surface area contributed by atoms with Crippen molar-refractivity contribution in [3.05, 3.63) is 59.9 Å². The molecule has 110 valence electrons. The quantitative estimate of drug-likeness (QED) is 0.883. The third-order valence-electron chi connectivity index (χ3n) is 3.34. The molecule has 21 heavy (non-hydrogen) atoms. The number of anilines is 1. The fraction of sp³-hybridized carbons (Fsp3) is 0.294. The van der Waals surface area contributed by atoms with E-state index in [0.717, 1.165) is 16.9 Å². The van der Waals surface area contributed by atoms with E-state index in [1.54, 1.807) is 6.20 Å². The molecule has 0 radical (unpaired) electrons. The number of rotatable bonds is 5. The second kappa shape index (κ2) is 6.99. The number of nitrogens with one attached hydrogen (secondary N) is 2. The molecule has 4 heteroatoms. The van der Waals surface area contributed by atoms with Crippen molar-refractivity contribution in [3.63, 3.8) is 0 Å². The van der Waals surface area contributed by atoms with Crippen LogP contribution in [0.1, 0.15) is 44.1 Å². The summed E-state index contributed by atoms with van der Waals surface area (Å²) in [6.45, 7) is 5.71. The van der Waals surface area contributed by atoms with E-state index in [1.807, 2.05) is 42.5 Å². The highest BCUT2D eigenvalue weighted by Crippen LogP contribution is 2.20. The predicted molar refractivity (Wildman–Crippen MR) is 84.9 cm³/mol. The van der Waals surface area contributed by atoms with E-state index in [2.05, 4.69) is 29.5 Å². The van der Waals surface area contributed by atoms with Crippen LogP contribution in [0.5, 0.6) is 0 Å². The van der Waals surface area contributed by atoms with Crippen LogP contribution in [0.4, 0.5) is 5.69 Å². The Kier molecular flexibility index (Phi) is 5.06. The minimum Gasteiger partial charge on any atom is -0.326 e. The van der Waals surface area contributed by atoms with E-state index in [9.17, 15) is 4.79 Å². The zero-order valence-corrected chi connectivity index (χ0v) is 12.6. The van der Waals surface area contributed by atoms with Gasteiger partial charge in [-0.1, -0.05) is 18.2 Å². The lowest BCUT2D eigenvalue weighted by atomic mass is 10.1. The molecule has 0 saturated carbocycles. The van der Waals surface area contributed by atoms with Crippen LogP contribution < -0.4 is 10.6 Å². The van der Waals surface area contributed by atoms with Crippen molar-refractivity contribution < 1.29 is 4.79 Å². The topological polar surface area (TPSA) is 54.0 Å². The molecule has 0 aliphatic heterocycles. The first kappa shape index (κ1) is 15.2. The molecule has 2 atom stereocenters. The summed E-state index contributed by atoms with van der Waals surface area (Å²) in [7, 11) is 0. The molecule has 1 unspecified atom stereocenters. The Balaban J connectivity index is 2.06. The summed E-state index contributed by atoms with van der Waals surface area (Å²) in [6.07, 6.45) is 1.80. The number of amides is 1. The van der Waals surface area contributed by atoms with Crippen molar-refractivity contribution in [2.75, 3.05) is 5.32 Å². The largest absolute Gasteiger partial charge is 0.326 e. The number of pyridine rings is 1. The maximum atomic E-state index is 11.1. The Morgan fingerprint density at radius 1 is 1.10 bits per heavy atom. The molecule has 0 aliphatic rings. The smallest absolute Gasteiger partial charge is 0.221 e. The monoisotopic (exact) mass is 283 g/mol. The maximum absolute atomic E-state index is 11.1. The number of carbonyl (C=O) groups is 1. The van der Waals surface area contributed by atoms with Crippen molar-refractivity contribution in [2.45, 2.75) is 32.9 Å².